The van der Waals surface area contributed by atoms with E-state index in [0.717, 1.165) is 16.3 Å². The van der Waals surface area contributed by atoms with E-state index in [9.17, 15) is 0 Å². The van der Waals surface area contributed by atoms with Gasteiger partial charge in [-0.2, -0.15) is 0 Å². The molecule has 2 nitrogen and oxygen atoms in total. The third-order valence-corrected chi connectivity index (χ3v) is 5.39. The number of hydrogen-bond acceptors (Lipinski definition) is 3. The lowest BCUT2D eigenvalue weighted by atomic mass is 9.95. The van der Waals surface area contributed by atoms with E-state index in [2.05, 4.69) is 65.1 Å². The van der Waals surface area contributed by atoms with Crippen LogP contribution in [0.4, 0.5) is 0 Å². The lowest BCUT2D eigenvalue weighted by Crippen LogP contribution is -2.14. The highest BCUT2D eigenvalue weighted by Crippen LogP contribution is 2.41. The zero-order valence-electron chi connectivity index (χ0n) is 14.2. The molecule has 0 aliphatic rings. The van der Waals surface area contributed by atoms with Gasteiger partial charge in [-0.15, -0.1) is 0 Å². The van der Waals surface area contributed by atoms with Crippen LogP contribution in [0.3, 0.4) is 0 Å². The summed E-state index contributed by atoms with van der Waals surface area (Å²) < 4.78 is 6.03. The Bertz CT molecular complexity index is 689. The number of thioether (sulfide) groups is 1. The number of rotatable bonds is 4. The molecular weight excluding hydrogens is 306 g/mol. The van der Waals surface area contributed by atoms with Crippen molar-refractivity contribution in [3.05, 3.63) is 47.1 Å². The van der Waals surface area contributed by atoms with Gasteiger partial charge in [0.2, 0.25) is 0 Å². The minimum absolute atomic E-state index is 0.0411. The Kier molecular flexibility index (Phi) is 5.35. The van der Waals surface area contributed by atoms with Crippen molar-refractivity contribution in [3.8, 4) is 0 Å². The first-order chi connectivity index (χ1) is 10.3. The van der Waals surface area contributed by atoms with Crippen molar-refractivity contribution in [2.45, 2.75) is 45.8 Å². The second-order valence-corrected chi connectivity index (χ2v) is 9.64. The topological polar surface area (TPSA) is 22.1 Å². The minimum atomic E-state index is -0.755. The van der Waals surface area contributed by atoms with Crippen LogP contribution in [0, 0.1) is 5.41 Å². The number of aromatic nitrogens is 1. The van der Waals surface area contributed by atoms with Gasteiger partial charge in [-0.1, -0.05) is 56.8 Å². The van der Waals surface area contributed by atoms with Crippen molar-refractivity contribution in [2.24, 2.45) is 5.41 Å². The molecule has 22 heavy (non-hydrogen) atoms. The summed E-state index contributed by atoms with van der Waals surface area (Å²) in [6, 6.07) is 12.4. The Labute approximate surface area is 139 Å². The van der Waals surface area contributed by atoms with Gasteiger partial charge in [-0.3, -0.25) is 0 Å². The average Bonchev–Trinajstić information content (AvgIpc) is 2.42. The van der Waals surface area contributed by atoms with Gasteiger partial charge in [0.25, 0.3) is 9.04 Å². The fourth-order valence-corrected chi connectivity index (χ4v) is 4.08. The van der Waals surface area contributed by atoms with E-state index in [1.165, 1.54) is 10.3 Å². The molecule has 0 spiro atoms. The van der Waals surface area contributed by atoms with Crippen LogP contribution in [0.25, 0.3) is 10.9 Å². The van der Waals surface area contributed by atoms with E-state index in [1.807, 2.05) is 12.1 Å². The first-order valence-corrected chi connectivity index (χ1v) is 10.7. The molecular formula is C18H24NOSSi. The molecule has 0 saturated carbocycles. The predicted octanol–water partition coefficient (Wildman–Crippen LogP) is 5.87. The molecule has 4 heteroatoms. The Morgan fingerprint density at radius 2 is 1.77 bits per heavy atom. The zero-order valence-corrected chi connectivity index (χ0v) is 16.0. The fourth-order valence-electron chi connectivity index (χ4n) is 2.31. The minimum Gasteiger partial charge on any atom is -0.545 e. The first kappa shape index (κ1) is 17.1. The normalized spacial score (nSPS) is 13.4. The molecule has 0 saturated heterocycles. The van der Waals surface area contributed by atoms with Crippen LogP contribution >= 0.6 is 11.8 Å². The van der Waals surface area contributed by atoms with Gasteiger partial charge in [0, 0.05) is 10.3 Å². The number of pyridine rings is 1. The maximum absolute atomic E-state index is 6.03. The lowest BCUT2D eigenvalue weighted by Gasteiger charge is -2.25. The molecule has 2 rings (SSSR count). The van der Waals surface area contributed by atoms with Crippen LogP contribution in [-0.4, -0.2) is 14.0 Å². The average molecular weight is 331 g/mol. The second-order valence-electron chi connectivity index (χ2n) is 6.59. The molecule has 0 atom stereocenters. The van der Waals surface area contributed by atoms with Gasteiger partial charge in [0.15, 0.2) is 0 Å². The molecule has 1 aromatic carbocycles. The molecule has 2 aromatic rings. The van der Waals surface area contributed by atoms with Crippen LogP contribution in [0.15, 0.2) is 52.1 Å². The summed E-state index contributed by atoms with van der Waals surface area (Å²) in [6.45, 7) is 13.1. The molecule has 1 heterocycles. The van der Waals surface area contributed by atoms with Crippen molar-refractivity contribution < 1.29 is 4.43 Å². The largest absolute Gasteiger partial charge is 0.545 e. The monoisotopic (exact) mass is 330 g/mol. The van der Waals surface area contributed by atoms with E-state index in [0.29, 0.717) is 0 Å². The fraction of sp³-hybridized carbons (Fsp3) is 0.389. The van der Waals surface area contributed by atoms with Crippen molar-refractivity contribution >= 4 is 31.7 Å². The highest BCUT2D eigenvalue weighted by molar-refractivity contribution is 8.03. The lowest BCUT2D eigenvalue weighted by molar-refractivity contribution is 0.413. The molecule has 0 aliphatic heterocycles. The van der Waals surface area contributed by atoms with Crippen molar-refractivity contribution in [3.63, 3.8) is 0 Å². The number of benzene rings is 1. The summed E-state index contributed by atoms with van der Waals surface area (Å²) in [5.41, 5.74) is 1.08. The van der Waals surface area contributed by atoms with Gasteiger partial charge >= 0.3 is 0 Å². The van der Waals surface area contributed by atoms with Crippen LogP contribution in [0.2, 0.25) is 13.1 Å². The maximum atomic E-state index is 6.03. The maximum Gasteiger partial charge on any atom is 0.273 e. The number of para-hydroxylation sites is 1. The summed E-state index contributed by atoms with van der Waals surface area (Å²) >= 11 is 1.72. The standard InChI is InChI=1S/C18H24NOSSi/c1-13(20-22(5)6)17(18(2,3)4)21-16-12-11-14-9-7-8-10-15(14)19-16/h7-12H,1-6H3. The Balaban J connectivity index is 2.37. The molecule has 0 unspecified atom stereocenters. The molecule has 117 valence electrons. The van der Waals surface area contributed by atoms with E-state index >= 15 is 0 Å². The number of fused-ring (bicyclic) bond motifs is 1. The Morgan fingerprint density at radius 1 is 1.09 bits per heavy atom. The molecule has 1 aromatic heterocycles. The van der Waals surface area contributed by atoms with Gasteiger partial charge in [0.05, 0.1) is 11.3 Å². The van der Waals surface area contributed by atoms with Gasteiger partial charge in [-0.25, -0.2) is 4.98 Å². The highest BCUT2D eigenvalue weighted by Gasteiger charge is 2.23. The van der Waals surface area contributed by atoms with E-state index in [4.69, 9.17) is 9.41 Å². The molecule has 0 bridgehead atoms. The summed E-state index contributed by atoms with van der Waals surface area (Å²) in [4.78, 5) is 6.02. The molecule has 0 fully saturated rings. The van der Waals surface area contributed by atoms with Gasteiger partial charge in [0.1, 0.15) is 5.03 Å². The summed E-state index contributed by atoms with van der Waals surface area (Å²) in [6.07, 6.45) is 0. The van der Waals surface area contributed by atoms with Crippen LogP contribution in [0.1, 0.15) is 27.7 Å². The second kappa shape index (κ2) is 6.88. The molecule has 0 aliphatic carbocycles. The van der Waals surface area contributed by atoms with Crippen LogP contribution < -0.4 is 0 Å². The van der Waals surface area contributed by atoms with Crippen molar-refractivity contribution in [1.82, 2.24) is 4.98 Å². The highest BCUT2D eigenvalue weighted by atomic mass is 32.2. The molecule has 1 radical (unpaired) electrons. The number of allylic oxidation sites excluding steroid dienone is 2. The third kappa shape index (κ3) is 4.37. The van der Waals surface area contributed by atoms with Crippen LogP contribution in [-0.2, 0) is 4.43 Å². The molecule has 0 amide bonds. The third-order valence-electron chi connectivity index (χ3n) is 3.14. The summed E-state index contributed by atoms with van der Waals surface area (Å²) in [5, 5.41) is 2.20. The van der Waals surface area contributed by atoms with Crippen molar-refractivity contribution in [2.75, 3.05) is 0 Å². The quantitative estimate of drug-likeness (QED) is 0.397. The SMILES string of the molecule is CC(O[Si](C)C)=C(Sc1ccc2ccccc2n1)C(C)(C)C. The summed E-state index contributed by atoms with van der Waals surface area (Å²) in [5.74, 6) is 1.03. The number of nitrogens with zero attached hydrogens (tertiary/aromatic N) is 1. The summed E-state index contributed by atoms with van der Waals surface area (Å²) in [7, 11) is -0.755. The van der Waals surface area contributed by atoms with Crippen molar-refractivity contribution in [1.29, 1.82) is 0 Å². The molecule has 0 N–H and O–H groups in total. The Morgan fingerprint density at radius 3 is 2.41 bits per heavy atom. The van der Waals surface area contributed by atoms with E-state index in [1.54, 1.807) is 11.8 Å². The van der Waals surface area contributed by atoms with E-state index < -0.39 is 9.04 Å². The first-order valence-electron chi connectivity index (χ1n) is 7.50. The predicted molar refractivity (Wildman–Crippen MR) is 98.3 cm³/mol. The van der Waals surface area contributed by atoms with Gasteiger partial charge in [-0.05, 0) is 37.6 Å². The zero-order chi connectivity index (χ0) is 16.3. The Hall–Kier alpha value is -1.26. The number of hydrogen-bond donors (Lipinski definition) is 0. The smallest absolute Gasteiger partial charge is 0.273 e. The van der Waals surface area contributed by atoms with E-state index in [-0.39, 0.29) is 5.41 Å². The van der Waals surface area contributed by atoms with Gasteiger partial charge < -0.3 is 4.43 Å². The van der Waals surface area contributed by atoms with Crippen LogP contribution in [0.5, 0.6) is 0 Å².